The third-order valence-electron chi connectivity index (χ3n) is 1.93. The Kier molecular flexibility index (Phi) is 2.03. The van der Waals surface area contributed by atoms with Gasteiger partial charge in [0.05, 0.1) is 0 Å². The summed E-state index contributed by atoms with van der Waals surface area (Å²) in [6.07, 6.45) is -2.54. The second-order valence-electron chi connectivity index (χ2n) is 2.91. The largest absolute Gasteiger partial charge is 0.499 e. The third-order valence-corrected chi connectivity index (χ3v) is 2.82. The van der Waals surface area contributed by atoms with Gasteiger partial charge in [-0.25, -0.2) is 8.78 Å². The molecule has 2 nitrogen and oxygen atoms in total. The molecule has 0 amide bonds. The molecule has 0 unspecified atom stereocenters. The minimum atomic E-state index is -2.54. The number of anilines is 1. The van der Waals surface area contributed by atoms with Gasteiger partial charge in [0.1, 0.15) is 0 Å². The molecule has 0 radical (unpaired) electrons. The molecule has 1 aromatic carbocycles. The first-order valence-electron chi connectivity index (χ1n) is 3.88. The lowest BCUT2D eigenvalue weighted by Crippen LogP contribution is -1.89. The van der Waals surface area contributed by atoms with Gasteiger partial charge in [-0.15, -0.1) is 0 Å². The molecule has 1 heterocycles. The van der Waals surface area contributed by atoms with Gasteiger partial charge >= 0.3 is 0 Å². The molecule has 74 valence electrons. The SMILES string of the molecule is Nc1cc(C(F)F)cc2sc(O)cc12. The van der Waals surface area contributed by atoms with E-state index in [1.165, 1.54) is 18.2 Å². The van der Waals surface area contributed by atoms with Gasteiger partial charge in [0.25, 0.3) is 6.43 Å². The fourth-order valence-electron chi connectivity index (χ4n) is 1.30. The summed E-state index contributed by atoms with van der Waals surface area (Å²) in [7, 11) is 0. The van der Waals surface area contributed by atoms with Gasteiger partial charge in [-0.2, -0.15) is 0 Å². The molecule has 0 saturated carbocycles. The van der Waals surface area contributed by atoms with Gasteiger partial charge in [0, 0.05) is 27.4 Å². The van der Waals surface area contributed by atoms with Crippen LogP contribution in [0.15, 0.2) is 18.2 Å². The standard InChI is InChI=1S/C9H7F2NOS/c10-9(11)4-1-6(12)5-3-8(13)14-7(5)2-4/h1-3,9,13H,12H2. The molecule has 0 aliphatic rings. The molecule has 0 fully saturated rings. The van der Waals surface area contributed by atoms with Gasteiger partial charge in [0.2, 0.25) is 0 Å². The molecule has 1 aromatic heterocycles. The zero-order chi connectivity index (χ0) is 10.3. The molecule has 2 aromatic rings. The van der Waals surface area contributed by atoms with E-state index in [-0.39, 0.29) is 16.3 Å². The maximum atomic E-state index is 12.4. The number of rotatable bonds is 1. The van der Waals surface area contributed by atoms with Crippen molar-refractivity contribution < 1.29 is 13.9 Å². The Morgan fingerprint density at radius 3 is 2.64 bits per heavy atom. The van der Waals surface area contributed by atoms with Gasteiger partial charge in [0.15, 0.2) is 5.06 Å². The van der Waals surface area contributed by atoms with Crippen molar-refractivity contribution in [3.63, 3.8) is 0 Å². The van der Waals surface area contributed by atoms with Gasteiger partial charge < -0.3 is 10.8 Å². The third kappa shape index (κ3) is 1.39. The summed E-state index contributed by atoms with van der Waals surface area (Å²) < 4.78 is 25.3. The smallest absolute Gasteiger partial charge is 0.263 e. The predicted octanol–water partition coefficient (Wildman–Crippen LogP) is 3.13. The first-order chi connectivity index (χ1) is 6.58. The van der Waals surface area contributed by atoms with E-state index in [2.05, 4.69) is 0 Å². The van der Waals surface area contributed by atoms with Crippen LogP contribution < -0.4 is 5.73 Å². The number of benzene rings is 1. The minimum Gasteiger partial charge on any atom is -0.499 e. The van der Waals surface area contributed by atoms with Crippen LogP contribution in [0.3, 0.4) is 0 Å². The number of thiophene rings is 1. The molecule has 14 heavy (non-hydrogen) atoms. The molecule has 0 saturated heterocycles. The molecule has 0 aliphatic heterocycles. The Labute approximate surface area is 82.6 Å². The van der Waals surface area contributed by atoms with Crippen LogP contribution in [0.4, 0.5) is 14.5 Å². The monoisotopic (exact) mass is 215 g/mol. The highest BCUT2D eigenvalue weighted by molar-refractivity contribution is 7.20. The van der Waals surface area contributed by atoms with Gasteiger partial charge in [-0.3, -0.25) is 0 Å². The van der Waals surface area contributed by atoms with Crippen LogP contribution in [0.25, 0.3) is 10.1 Å². The number of nitrogen functional groups attached to an aromatic ring is 1. The summed E-state index contributed by atoms with van der Waals surface area (Å²) in [5.41, 5.74) is 5.73. The van der Waals surface area contributed by atoms with Crippen molar-refractivity contribution in [2.75, 3.05) is 5.73 Å². The van der Waals surface area contributed by atoms with Crippen molar-refractivity contribution in [1.82, 2.24) is 0 Å². The zero-order valence-corrected chi connectivity index (χ0v) is 7.81. The lowest BCUT2D eigenvalue weighted by Gasteiger charge is -2.01. The summed E-state index contributed by atoms with van der Waals surface area (Å²) >= 11 is 1.04. The van der Waals surface area contributed by atoms with Crippen LogP contribution in [0.1, 0.15) is 12.0 Å². The number of nitrogens with two attached hydrogens (primary N) is 1. The maximum absolute atomic E-state index is 12.4. The zero-order valence-electron chi connectivity index (χ0n) is 7.00. The second kappa shape index (κ2) is 3.09. The molecular formula is C9H7F2NOS. The summed E-state index contributed by atoms with van der Waals surface area (Å²) in [5.74, 6) is 0. The number of hydrogen-bond donors (Lipinski definition) is 2. The fraction of sp³-hybridized carbons (Fsp3) is 0.111. The molecule has 2 rings (SSSR count). The van der Waals surface area contributed by atoms with E-state index in [0.717, 1.165) is 11.3 Å². The summed E-state index contributed by atoms with van der Waals surface area (Å²) in [6, 6.07) is 4.06. The molecular weight excluding hydrogens is 208 g/mol. The van der Waals surface area contributed by atoms with Crippen LogP contribution in [0.2, 0.25) is 0 Å². The van der Waals surface area contributed by atoms with Crippen LogP contribution in [-0.2, 0) is 0 Å². The number of fused-ring (bicyclic) bond motifs is 1. The van der Waals surface area contributed by atoms with Crippen LogP contribution in [0.5, 0.6) is 5.06 Å². The lowest BCUT2D eigenvalue weighted by molar-refractivity contribution is 0.151. The highest BCUT2D eigenvalue weighted by Crippen LogP contribution is 2.36. The number of alkyl halides is 2. The van der Waals surface area contributed by atoms with Crippen molar-refractivity contribution >= 4 is 27.1 Å². The number of hydrogen-bond acceptors (Lipinski definition) is 3. The first kappa shape index (κ1) is 9.21. The Hall–Kier alpha value is -1.36. The number of aromatic hydroxyl groups is 1. The summed E-state index contributed by atoms with van der Waals surface area (Å²) in [6.45, 7) is 0. The van der Waals surface area contributed by atoms with E-state index in [9.17, 15) is 13.9 Å². The Morgan fingerprint density at radius 2 is 2.00 bits per heavy atom. The lowest BCUT2D eigenvalue weighted by atomic mass is 10.1. The van der Waals surface area contributed by atoms with Crippen molar-refractivity contribution in [1.29, 1.82) is 0 Å². The fourth-order valence-corrected chi connectivity index (χ4v) is 2.18. The van der Waals surface area contributed by atoms with E-state index in [4.69, 9.17) is 5.73 Å². The summed E-state index contributed by atoms with van der Waals surface area (Å²) in [5, 5.41) is 9.89. The molecule has 5 heteroatoms. The number of halogens is 2. The topological polar surface area (TPSA) is 46.2 Å². The molecule has 0 aliphatic carbocycles. The Balaban J connectivity index is 2.71. The molecule has 0 spiro atoms. The van der Waals surface area contributed by atoms with Crippen LogP contribution >= 0.6 is 11.3 Å². The Morgan fingerprint density at radius 1 is 1.29 bits per heavy atom. The molecule has 3 N–H and O–H groups in total. The maximum Gasteiger partial charge on any atom is 0.263 e. The van der Waals surface area contributed by atoms with Crippen molar-refractivity contribution in [2.24, 2.45) is 0 Å². The van der Waals surface area contributed by atoms with Crippen LogP contribution in [-0.4, -0.2) is 5.11 Å². The average Bonchev–Trinajstić information content (AvgIpc) is 2.45. The van der Waals surface area contributed by atoms with E-state index >= 15 is 0 Å². The van der Waals surface area contributed by atoms with E-state index in [0.29, 0.717) is 10.1 Å². The Bertz CT molecular complexity index is 481. The first-order valence-corrected chi connectivity index (χ1v) is 4.69. The highest BCUT2D eigenvalue weighted by atomic mass is 32.1. The molecule has 0 atom stereocenters. The van der Waals surface area contributed by atoms with Crippen molar-refractivity contribution in [3.05, 3.63) is 23.8 Å². The van der Waals surface area contributed by atoms with Gasteiger partial charge in [-0.1, -0.05) is 11.3 Å². The normalized spacial score (nSPS) is 11.4. The predicted molar refractivity (Wildman–Crippen MR) is 52.9 cm³/mol. The van der Waals surface area contributed by atoms with E-state index in [1.54, 1.807) is 0 Å². The van der Waals surface area contributed by atoms with E-state index < -0.39 is 6.43 Å². The van der Waals surface area contributed by atoms with Crippen LogP contribution in [0, 0.1) is 0 Å². The van der Waals surface area contributed by atoms with Gasteiger partial charge in [-0.05, 0) is 12.1 Å². The average molecular weight is 215 g/mol. The highest BCUT2D eigenvalue weighted by Gasteiger charge is 2.11. The quantitative estimate of drug-likeness (QED) is 0.718. The van der Waals surface area contributed by atoms with Crippen molar-refractivity contribution in [3.8, 4) is 5.06 Å². The second-order valence-corrected chi connectivity index (χ2v) is 3.97. The van der Waals surface area contributed by atoms with E-state index in [1.807, 2.05) is 0 Å². The molecule has 0 bridgehead atoms. The minimum absolute atomic E-state index is 0.0816. The van der Waals surface area contributed by atoms with Crippen molar-refractivity contribution in [2.45, 2.75) is 6.43 Å². The summed E-state index contributed by atoms with van der Waals surface area (Å²) in [4.78, 5) is 0.